The van der Waals surface area contributed by atoms with Gasteiger partial charge in [-0.1, -0.05) is 0 Å². The smallest absolute Gasteiger partial charge is 0.217 e. The molecule has 0 spiro atoms. The van der Waals surface area contributed by atoms with Gasteiger partial charge < -0.3 is 10.6 Å². The number of piperidine rings is 1. The standard InChI is InChI=1S/C14H23N5O/c1-10-8-13(15-3)18-14(16-10)9-19-6-4-12(5-7-19)17-11(2)20/h8,12H,4-7,9H2,1-3H3,(H,17,20)(H,15,16,18). The maximum atomic E-state index is 11.0. The van der Waals surface area contributed by atoms with Gasteiger partial charge in [-0.05, 0) is 19.8 Å². The van der Waals surface area contributed by atoms with E-state index in [9.17, 15) is 4.79 Å². The van der Waals surface area contributed by atoms with Crippen molar-refractivity contribution >= 4 is 11.7 Å². The summed E-state index contributed by atoms with van der Waals surface area (Å²) in [5.74, 6) is 1.78. The average Bonchev–Trinajstić information content (AvgIpc) is 2.39. The van der Waals surface area contributed by atoms with E-state index in [1.165, 1.54) is 0 Å². The molecule has 0 aliphatic carbocycles. The lowest BCUT2D eigenvalue weighted by atomic mass is 10.1. The van der Waals surface area contributed by atoms with E-state index in [0.717, 1.165) is 49.8 Å². The highest BCUT2D eigenvalue weighted by Crippen LogP contribution is 2.13. The van der Waals surface area contributed by atoms with Crippen LogP contribution < -0.4 is 10.6 Å². The number of hydrogen-bond acceptors (Lipinski definition) is 5. The molecule has 1 aliphatic heterocycles. The second-order valence-corrected chi connectivity index (χ2v) is 5.31. The molecule has 6 heteroatoms. The molecule has 1 fully saturated rings. The molecule has 1 saturated heterocycles. The molecule has 2 heterocycles. The van der Waals surface area contributed by atoms with Crippen molar-refractivity contribution in [2.24, 2.45) is 0 Å². The number of hydrogen-bond donors (Lipinski definition) is 2. The number of carbonyl (C=O) groups excluding carboxylic acids is 1. The highest BCUT2D eigenvalue weighted by Gasteiger charge is 2.20. The van der Waals surface area contributed by atoms with Crippen molar-refractivity contribution in [2.45, 2.75) is 39.3 Å². The normalized spacial score (nSPS) is 16.9. The molecule has 1 amide bonds. The van der Waals surface area contributed by atoms with Crippen LogP contribution in [0.1, 0.15) is 31.3 Å². The first-order valence-electron chi connectivity index (χ1n) is 7.08. The first kappa shape index (κ1) is 14.7. The first-order valence-corrected chi connectivity index (χ1v) is 7.08. The van der Waals surface area contributed by atoms with Gasteiger partial charge in [0.1, 0.15) is 11.6 Å². The fourth-order valence-corrected chi connectivity index (χ4v) is 2.55. The summed E-state index contributed by atoms with van der Waals surface area (Å²) in [6.45, 7) is 6.26. The minimum atomic E-state index is 0.0594. The summed E-state index contributed by atoms with van der Waals surface area (Å²) >= 11 is 0. The lowest BCUT2D eigenvalue weighted by molar-refractivity contribution is -0.119. The van der Waals surface area contributed by atoms with E-state index >= 15 is 0 Å². The third-order valence-electron chi connectivity index (χ3n) is 3.52. The highest BCUT2D eigenvalue weighted by molar-refractivity contribution is 5.73. The summed E-state index contributed by atoms with van der Waals surface area (Å²) in [7, 11) is 1.87. The number of nitrogens with one attached hydrogen (secondary N) is 2. The topological polar surface area (TPSA) is 70.2 Å². The molecule has 0 unspecified atom stereocenters. The number of carbonyl (C=O) groups is 1. The van der Waals surface area contributed by atoms with Gasteiger partial charge in [0, 0.05) is 44.9 Å². The van der Waals surface area contributed by atoms with Gasteiger partial charge in [0.15, 0.2) is 0 Å². The van der Waals surface area contributed by atoms with Crippen LogP contribution in [0.2, 0.25) is 0 Å². The number of likely N-dealkylation sites (tertiary alicyclic amines) is 1. The zero-order valence-corrected chi connectivity index (χ0v) is 12.4. The Bertz CT molecular complexity index is 469. The quantitative estimate of drug-likeness (QED) is 0.856. The number of rotatable bonds is 4. The van der Waals surface area contributed by atoms with Gasteiger partial charge in [-0.25, -0.2) is 9.97 Å². The molecule has 1 aromatic heterocycles. The van der Waals surface area contributed by atoms with E-state index in [-0.39, 0.29) is 5.91 Å². The molecule has 1 aliphatic rings. The highest BCUT2D eigenvalue weighted by atomic mass is 16.1. The van der Waals surface area contributed by atoms with E-state index in [1.54, 1.807) is 6.92 Å². The summed E-state index contributed by atoms with van der Waals surface area (Å²) < 4.78 is 0. The first-order chi connectivity index (χ1) is 9.56. The summed E-state index contributed by atoms with van der Waals surface area (Å²) in [5, 5.41) is 6.04. The average molecular weight is 277 g/mol. The summed E-state index contributed by atoms with van der Waals surface area (Å²) in [6.07, 6.45) is 1.98. The van der Waals surface area contributed by atoms with Crippen LogP contribution in [0.3, 0.4) is 0 Å². The van der Waals surface area contributed by atoms with Gasteiger partial charge in [0.25, 0.3) is 0 Å². The van der Waals surface area contributed by atoms with E-state index in [0.29, 0.717) is 6.04 Å². The third-order valence-corrected chi connectivity index (χ3v) is 3.52. The molecule has 1 aromatic rings. The molecule has 2 N–H and O–H groups in total. The Labute approximate surface area is 120 Å². The van der Waals surface area contributed by atoms with Crippen LogP contribution in [0.5, 0.6) is 0 Å². The summed E-state index contributed by atoms with van der Waals surface area (Å²) in [4.78, 5) is 22.3. The fraction of sp³-hybridized carbons (Fsp3) is 0.643. The van der Waals surface area contributed by atoms with Crippen LogP contribution in [0.4, 0.5) is 5.82 Å². The summed E-state index contributed by atoms with van der Waals surface area (Å²) in [5.41, 5.74) is 0.979. The Morgan fingerprint density at radius 3 is 2.70 bits per heavy atom. The van der Waals surface area contributed by atoms with Crippen molar-refractivity contribution < 1.29 is 4.79 Å². The molecule has 0 aromatic carbocycles. The lowest BCUT2D eigenvalue weighted by Gasteiger charge is -2.31. The molecule has 6 nitrogen and oxygen atoms in total. The second kappa shape index (κ2) is 6.65. The van der Waals surface area contributed by atoms with Crippen molar-refractivity contribution in [1.82, 2.24) is 20.2 Å². The van der Waals surface area contributed by atoms with Crippen LogP contribution in [0.15, 0.2) is 6.07 Å². The van der Waals surface area contributed by atoms with Gasteiger partial charge in [-0.2, -0.15) is 0 Å². The van der Waals surface area contributed by atoms with Gasteiger partial charge >= 0.3 is 0 Å². The number of anilines is 1. The van der Waals surface area contributed by atoms with Gasteiger partial charge in [-0.15, -0.1) is 0 Å². The third kappa shape index (κ3) is 4.16. The van der Waals surface area contributed by atoms with Crippen molar-refractivity contribution in [1.29, 1.82) is 0 Å². The van der Waals surface area contributed by atoms with Gasteiger partial charge in [0.2, 0.25) is 5.91 Å². The molecule has 2 rings (SSSR count). The molecule has 0 radical (unpaired) electrons. The lowest BCUT2D eigenvalue weighted by Crippen LogP contribution is -2.43. The van der Waals surface area contributed by atoms with Crippen molar-refractivity contribution in [2.75, 3.05) is 25.5 Å². The van der Waals surface area contributed by atoms with Crippen molar-refractivity contribution in [3.8, 4) is 0 Å². The number of amides is 1. The SMILES string of the molecule is CNc1cc(C)nc(CN2CCC(NC(C)=O)CC2)n1. The molecule has 0 bridgehead atoms. The summed E-state index contributed by atoms with van der Waals surface area (Å²) in [6, 6.07) is 2.25. The minimum Gasteiger partial charge on any atom is -0.373 e. The number of aryl methyl sites for hydroxylation is 1. The van der Waals surface area contributed by atoms with Gasteiger partial charge in [0.05, 0.1) is 6.54 Å². The van der Waals surface area contributed by atoms with Gasteiger partial charge in [-0.3, -0.25) is 9.69 Å². The van der Waals surface area contributed by atoms with Crippen molar-refractivity contribution in [3.63, 3.8) is 0 Å². The zero-order chi connectivity index (χ0) is 14.5. The second-order valence-electron chi connectivity index (χ2n) is 5.31. The minimum absolute atomic E-state index is 0.0594. The Morgan fingerprint density at radius 1 is 1.40 bits per heavy atom. The van der Waals surface area contributed by atoms with Crippen LogP contribution >= 0.6 is 0 Å². The van der Waals surface area contributed by atoms with Crippen LogP contribution in [-0.2, 0) is 11.3 Å². The molecule has 20 heavy (non-hydrogen) atoms. The molecular weight excluding hydrogens is 254 g/mol. The number of aromatic nitrogens is 2. The molecule has 110 valence electrons. The van der Waals surface area contributed by atoms with E-state index in [4.69, 9.17) is 0 Å². The Hall–Kier alpha value is -1.69. The Balaban J connectivity index is 1.89. The van der Waals surface area contributed by atoms with E-state index in [1.807, 2.05) is 20.0 Å². The van der Waals surface area contributed by atoms with Crippen LogP contribution in [-0.4, -0.2) is 47.0 Å². The Morgan fingerprint density at radius 2 is 2.10 bits per heavy atom. The predicted octanol–water partition coefficient (Wildman–Crippen LogP) is 0.927. The van der Waals surface area contributed by atoms with Crippen LogP contribution in [0.25, 0.3) is 0 Å². The Kier molecular flexibility index (Phi) is 4.89. The predicted molar refractivity (Wildman–Crippen MR) is 78.4 cm³/mol. The fourth-order valence-electron chi connectivity index (χ4n) is 2.55. The largest absolute Gasteiger partial charge is 0.373 e. The zero-order valence-electron chi connectivity index (χ0n) is 12.4. The maximum Gasteiger partial charge on any atom is 0.217 e. The van der Waals surface area contributed by atoms with Crippen molar-refractivity contribution in [3.05, 3.63) is 17.6 Å². The number of nitrogens with zero attached hydrogens (tertiary/aromatic N) is 3. The molecule has 0 saturated carbocycles. The monoisotopic (exact) mass is 277 g/mol. The van der Waals surface area contributed by atoms with E-state index in [2.05, 4.69) is 25.5 Å². The maximum absolute atomic E-state index is 11.0. The molecular formula is C14H23N5O. The molecule has 0 atom stereocenters. The van der Waals surface area contributed by atoms with Crippen LogP contribution in [0, 0.1) is 6.92 Å². The van der Waals surface area contributed by atoms with E-state index < -0.39 is 0 Å².